The van der Waals surface area contributed by atoms with Crippen LogP contribution in [-0.4, -0.2) is 138 Å². The fourth-order valence-corrected chi connectivity index (χ4v) is 3.60. The van der Waals surface area contributed by atoms with Crippen molar-refractivity contribution in [2.45, 2.75) is 62.9 Å². The van der Waals surface area contributed by atoms with Crippen molar-refractivity contribution in [2.75, 3.05) is 52.9 Å². The molecule has 0 aromatic rings. The molecule has 6 radical (unpaired) electrons. The molecular formula is C25H45Cu6N12O11+5. The summed E-state index contributed by atoms with van der Waals surface area (Å²) in [6.45, 7) is -1.70. The van der Waals surface area contributed by atoms with Gasteiger partial charge in [0, 0.05) is 0 Å². The molecule has 0 aliphatic heterocycles. The monoisotopic (exact) mass is 1070 g/mol. The van der Waals surface area contributed by atoms with Gasteiger partial charge in [0.1, 0.15) is 24.4 Å². The Hall–Kier alpha value is -0.663. The summed E-state index contributed by atoms with van der Waals surface area (Å²) in [6, 6.07) is 0. The average molecular weight is 1070 g/mol. The molecule has 0 aromatic heterocycles. The fourth-order valence-electron chi connectivity index (χ4n) is 3.60. The smallest absolute Gasteiger partial charge is 0.638 e. The number of nitrogens with one attached hydrogen (secondary N) is 6. The fraction of sp³-hybridized carbons (Fsp3) is 0.720. The minimum Gasteiger partial charge on any atom is -0.638 e. The molecule has 0 saturated carbocycles. The molecule has 4 unspecified atom stereocenters. The quantitative estimate of drug-likeness (QED) is 0.00887. The molecule has 4 atom stereocenters. The Labute approximate surface area is 377 Å². The summed E-state index contributed by atoms with van der Waals surface area (Å²) in [5, 5.41) is 98.3. The largest absolute Gasteiger partial charge is 2.00 e. The van der Waals surface area contributed by atoms with E-state index < -0.39 is 47.8 Å². The van der Waals surface area contributed by atoms with Crippen LogP contribution < -0.4 is 27.2 Å². The number of amidine groups is 6. The Balaban J connectivity index is -0.000000736. The topological polar surface area (TPSA) is 364 Å². The van der Waals surface area contributed by atoms with Crippen LogP contribution in [0.1, 0.15) is 38.5 Å². The number of nitrogens with zero attached hydrogens (tertiary/aromatic N) is 6. The molecule has 0 aromatic carbocycles. The number of hydrogen-bond donors (Lipinski definition) is 10. The first kappa shape index (κ1) is 68.0. The summed E-state index contributed by atoms with van der Waals surface area (Å²) >= 11 is 0. The van der Waals surface area contributed by atoms with Gasteiger partial charge in [0.25, 0.3) is 0 Å². The zero-order chi connectivity index (χ0) is 36.2. The predicted molar refractivity (Wildman–Crippen MR) is 172 cm³/mol. The van der Waals surface area contributed by atoms with Crippen molar-refractivity contribution in [1.82, 2.24) is 27.2 Å². The summed E-state index contributed by atoms with van der Waals surface area (Å²) in [4.78, 5) is 0. The van der Waals surface area contributed by atoms with Crippen molar-refractivity contribution < 1.29 is 157 Å². The molecule has 0 spiro atoms. The average Bonchev–Trinajstić information content (AvgIpc) is 3.10. The summed E-state index contributed by atoms with van der Waals surface area (Å²) in [5.74, 6) is -2.70. The van der Waals surface area contributed by atoms with Gasteiger partial charge in [-0.15, -0.1) is 5.84 Å². The molecule has 0 amide bonds. The molecule has 54 heavy (non-hydrogen) atoms. The van der Waals surface area contributed by atoms with E-state index in [9.17, 15) is 27.0 Å². The van der Waals surface area contributed by atoms with Crippen molar-refractivity contribution in [3.05, 3.63) is 39.8 Å². The van der Waals surface area contributed by atoms with Gasteiger partial charge in [0.15, 0.2) is 0 Å². The van der Waals surface area contributed by atoms with Crippen LogP contribution in [0.25, 0.3) is 32.8 Å². The van der Waals surface area contributed by atoms with Gasteiger partial charge in [-0.3, -0.25) is 0 Å². The maximum atomic E-state index is 9.85. The first-order valence-corrected chi connectivity index (χ1v) is 14.5. The second-order valence-electron chi connectivity index (χ2n) is 9.54. The third kappa shape index (κ3) is 34.6. The summed E-state index contributed by atoms with van der Waals surface area (Å²) in [6.07, 6.45) is -5.61. The third-order valence-electron chi connectivity index (χ3n) is 6.07. The molecule has 0 fully saturated rings. The normalized spacial score (nSPS) is 12.4. The molecule has 11 N–H and O–H groups in total. The van der Waals surface area contributed by atoms with Crippen molar-refractivity contribution in [3.8, 4) is 0 Å². The molecule has 0 aliphatic carbocycles. The summed E-state index contributed by atoms with van der Waals surface area (Å²) < 4.78 is 35.4. The van der Waals surface area contributed by atoms with E-state index in [4.69, 9.17) is 60.2 Å². The maximum absolute atomic E-state index is 9.85. The number of oxime groups is 1. The van der Waals surface area contributed by atoms with Crippen LogP contribution in [0.2, 0.25) is 0 Å². The van der Waals surface area contributed by atoms with Crippen LogP contribution in [0.15, 0.2) is 5.16 Å². The molecular weight excluding hydrogens is 1030 g/mol. The molecule has 23 nitrogen and oxygen atoms in total. The van der Waals surface area contributed by atoms with E-state index in [2.05, 4.69) is 17.5 Å². The van der Waals surface area contributed by atoms with Gasteiger partial charge < -0.3 is 127 Å². The Kier molecular flexibility index (Phi) is 56.8. The van der Waals surface area contributed by atoms with Crippen molar-refractivity contribution in [2.24, 2.45) is 5.16 Å². The molecule has 0 rings (SSSR count). The van der Waals surface area contributed by atoms with E-state index in [1.54, 1.807) is 21.9 Å². The first-order valence-electron chi connectivity index (χ1n) is 14.5. The van der Waals surface area contributed by atoms with E-state index in [0.29, 0.717) is 0 Å². The van der Waals surface area contributed by atoms with E-state index in [1.807, 2.05) is 0 Å². The minimum absolute atomic E-state index is 0. The van der Waals surface area contributed by atoms with Crippen LogP contribution >= 0.6 is 0 Å². The second-order valence-corrected chi connectivity index (χ2v) is 9.54. The molecule has 0 bridgehead atoms. The predicted octanol–water partition coefficient (Wildman–Crippen LogP) is -0.138. The molecule has 332 valence electrons. The van der Waals surface area contributed by atoms with Gasteiger partial charge in [0.05, 0.1) is 52.9 Å². The Morgan fingerprint density at radius 2 is 0.815 bits per heavy atom. The zero-order valence-electron chi connectivity index (χ0n) is 28.1. The molecule has 0 aliphatic rings. The Morgan fingerprint density at radius 3 is 1.13 bits per heavy atom. The number of rotatable bonds is 29. The standard InChI is InChI=1S/C25H45N12O11.6Cu/c1-32-18(26)4-10-45-16(14-43-8-2-19(27)33-38)24(47-12-6-22(30)36-41)25(48-13-7-23(31)37-42)17(46-11-5-21(29)35-40)15-44-9-3-20(28)34-39;;;;;;/h16-17,24-25H,1-15H2,(H11-6,26,27,28,29,30,31,32,33,34,35,36,37,38,39,40,41,42);;;;;;/q-7;6*+2. The number of ether oxygens (including phenoxy) is 6. The van der Waals surface area contributed by atoms with Crippen LogP contribution in [0.5, 0.6) is 0 Å². The Bertz CT molecular complexity index is 1010. The number of hydroxylamine groups is 4. The van der Waals surface area contributed by atoms with Gasteiger partial charge in [-0.2, -0.15) is 0 Å². The molecule has 0 saturated heterocycles. The maximum Gasteiger partial charge on any atom is 2.00 e. The van der Waals surface area contributed by atoms with E-state index in [-0.39, 0.29) is 205 Å². The third-order valence-corrected chi connectivity index (χ3v) is 6.07. The van der Waals surface area contributed by atoms with Crippen LogP contribution in [0.4, 0.5) is 0 Å². The van der Waals surface area contributed by atoms with E-state index >= 15 is 0 Å². The van der Waals surface area contributed by atoms with Crippen molar-refractivity contribution in [3.63, 3.8) is 0 Å². The van der Waals surface area contributed by atoms with Crippen molar-refractivity contribution in [1.29, 1.82) is 0 Å². The van der Waals surface area contributed by atoms with Crippen LogP contribution in [-0.2, 0) is 131 Å². The first-order chi connectivity index (χ1) is 23.1. The SMILES string of the molecule is [CH2-]NC(=[N-])CCOC(COCCC(=[N-])NO)C(OCCC(=[N-])NO)C(OCCC(=[N-])NO)C(COCCC([NH-])=NO)OCCC(=[N-])NO.[Cu+2].[Cu+2].[Cu+2].[Cu+2].[Cu+2].[Cu+2]. The van der Waals surface area contributed by atoms with Crippen LogP contribution in [0, 0.1) is 7.05 Å². The Morgan fingerprint density at radius 1 is 0.519 bits per heavy atom. The van der Waals surface area contributed by atoms with Gasteiger partial charge in [-0.05, 0) is 38.5 Å². The summed E-state index contributed by atoms with van der Waals surface area (Å²) in [7, 11) is 3.36. The second kappa shape index (κ2) is 45.0. The van der Waals surface area contributed by atoms with Gasteiger partial charge in [0.2, 0.25) is 0 Å². The molecule has 29 heteroatoms. The summed E-state index contributed by atoms with van der Waals surface area (Å²) in [5.41, 5.74) is 13.8. The van der Waals surface area contributed by atoms with Gasteiger partial charge in [-0.25, -0.2) is 0 Å². The minimum atomic E-state index is -1.23. The van der Waals surface area contributed by atoms with E-state index in [1.165, 1.54) is 0 Å². The van der Waals surface area contributed by atoms with Gasteiger partial charge in [-0.1, -0.05) is 29.2 Å². The zero-order valence-corrected chi connectivity index (χ0v) is 33.7. The molecule has 0 heterocycles. The van der Waals surface area contributed by atoms with E-state index in [0.717, 1.165) is 0 Å². The van der Waals surface area contributed by atoms with Gasteiger partial charge >= 0.3 is 102 Å². The van der Waals surface area contributed by atoms with Crippen LogP contribution in [0.3, 0.4) is 0 Å². The van der Waals surface area contributed by atoms with Crippen molar-refractivity contribution >= 4 is 35.0 Å². The number of hydrogen-bond acceptors (Lipinski definition) is 12.